The number of benzene rings is 2. The highest BCUT2D eigenvalue weighted by Crippen LogP contribution is 2.31. The van der Waals surface area contributed by atoms with Gasteiger partial charge in [-0.1, -0.05) is 0 Å². The molecule has 1 heterocycles. The Morgan fingerprint density at radius 3 is 2.40 bits per heavy atom. The third kappa shape index (κ3) is 3.23. The number of alkyl halides is 3. The van der Waals surface area contributed by atoms with Crippen LogP contribution < -0.4 is 5.56 Å². The molecule has 0 atom stereocenters. The van der Waals surface area contributed by atoms with E-state index in [1.165, 1.54) is 31.4 Å². The fourth-order valence-electron chi connectivity index (χ4n) is 2.23. The fraction of sp³-hybridized carbons (Fsp3) is 0.118. The van der Waals surface area contributed by atoms with Crippen LogP contribution in [0.25, 0.3) is 22.4 Å². The number of nitrogens with zero attached hydrogens (tertiary/aromatic N) is 1. The number of aromatic nitrogens is 1. The minimum absolute atomic E-state index is 0.0528. The summed E-state index contributed by atoms with van der Waals surface area (Å²) >= 11 is 0. The predicted molar refractivity (Wildman–Crippen MR) is 82.1 cm³/mol. The van der Waals surface area contributed by atoms with Gasteiger partial charge in [0.15, 0.2) is 0 Å². The van der Waals surface area contributed by atoms with Gasteiger partial charge in [-0.05, 0) is 42.5 Å². The smallest absolute Gasteiger partial charge is 0.416 e. The van der Waals surface area contributed by atoms with Gasteiger partial charge in [-0.3, -0.25) is 4.79 Å². The Morgan fingerprint density at radius 2 is 1.80 bits per heavy atom. The molecule has 1 aromatic heterocycles. The van der Waals surface area contributed by atoms with Gasteiger partial charge in [0, 0.05) is 5.56 Å². The molecule has 3 rings (SSSR count). The Labute approximate surface area is 138 Å². The van der Waals surface area contributed by atoms with Crippen molar-refractivity contribution < 1.29 is 27.1 Å². The molecule has 8 heteroatoms. The van der Waals surface area contributed by atoms with Crippen LogP contribution in [-0.2, 0) is 10.9 Å². The Kier molecular flexibility index (Phi) is 4.03. The van der Waals surface area contributed by atoms with Gasteiger partial charge in [0.2, 0.25) is 5.89 Å². The Balaban J connectivity index is 2.10. The number of halogens is 3. The second kappa shape index (κ2) is 6.04. The van der Waals surface area contributed by atoms with Crippen LogP contribution in [0.5, 0.6) is 0 Å². The van der Waals surface area contributed by atoms with Crippen molar-refractivity contribution in [1.29, 1.82) is 0 Å². The zero-order valence-corrected chi connectivity index (χ0v) is 12.8. The molecule has 5 nitrogen and oxygen atoms in total. The second-order valence-corrected chi connectivity index (χ2v) is 5.10. The van der Waals surface area contributed by atoms with Crippen molar-refractivity contribution in [2.75, 3.05) is 7.11 Å². The largest absolute Gasteiger partial charge is 0.465 e. The molecular weight excluding hydrogens is 339 g/mol. The molecule has 25 heavy (non-hydrogen) atoms. The highest BCUT2D eigenvalue weighted by Gasteiger charge is 2.31. The number of ether oxygens (including phenoxy) is 1. The van der Waals surface area contributed by atoms with Gasteiger partial charge in [-0.15, -0.1) is 0 Å². The summed E-state index contributed by atoms with van der Waals surface area (Å²) in [5, 5.41) is -0.0528. The first-order valence-electron chi connectivity index (χ1n) is 7.00. The van der Waals surface area contributed by atoms with Gasteiger partial charge in [0.25, 0.3) is 5.56 Å². The lowest BCUT2D eigenvalue weighted by Gasteiger charge is -2.08. The van der Waals surface area contributed by atoms with E-state index >= 15 is 0 Å². The second-order valence-electron chi connectivity index (χ2n) is 5.10. The molecule has 128 valence electrons. The Morgan fingerprint density at radius 1 is 1.12 bits per heavy atom. The quantitative estimate of drug-likeness (QED) is 0.661. The molecule has 0 saturated heterocycles. The lowest BCUT2D eigenvalue weighted by molar-refractivity contribution is -0.137. The Bertz CT molecular complexity index is 1010. The topological polar surface area (TPSA) is 69.4 Å². The molecule has 0 amide bonds. The SMILES string of the molecule is COC(=O)c1ccc(-c2nc(=O)c3ccc(C(F)(F)F)cc3o2)cc1. The first-order chi connectivity index (χ1) is 11.8. The van der Waals surface area contributed by atoms with Crippen LogP contribution in [0.1, 0.15) is 15.9 Å². The van der Waals surface area contributed by atoms with Gasteiger partial charge in [-0.2, -0.15) is 18.2 Å². The highest BCUT2D eigenvalue weighted by atomic mass is 19.4. The summed E-state index contributed by atoms with van der Waals surface area (Å²) in [6.07, 6.45) is -4.56. The molecule has 3 aromatic rings. The summed E-state index contributed by atoms with van der Waals surface area (Å²) < 4.78 is 48.4. The molecule has 0 N–H and O–H groups in total. The fourth-order valence-corrected chi connectivity index (χ4v) is 2.23. The van der Waals surface area contributed by atoms with Crippen molar-refractivity contribution in [3.63, 3.8) is 0 Å². The predicted octanol–water partition coefficient (Wildman–Crippen LogP) is 3.66. The van der Waals surface area contributed by atoms with E-state index < -0.39 is 23.3 Å². The van der Waals surface area contributed by atoms with Crippen LogP contribution in [-0.4, -0.2) is 18.1 Å². The normalized spacial score (nSPS) is 11.5. The zero-order chi connectivity index (χ0) is 18.2. The van der Waals surface area contributed by atoms with Crippen molar-refractivity contribution >= 4 is 16.9 Å². The van der Waals surface area contributed by atoms with Crippen LogP contribution in [0.4, 0.5) is 13.2 Å². The minimum atomic E-state index is -4.56. The number of methoxy groups -OCH3 is 1. The molecular formula is C17H10F3NO4. The Hall–Kier alpha value is -3.16. The van der Waals surface area contributed by atoms with Gasteiger partial charge in [0.05, 0.1) is 23.6 Å². The van der Waals surface area contributed by atoms with E-state index in [0.29, 0.717) is 5.56 Å². The number of carbonyl (C=O) groups is 1. The van der Waals surface area contributed by atoms with Gasteiger partial charge >= 0.3 is 12.1 Å². The maximum absolute atomic E-state index is 12.8. The average Bonchev–Trinajstić information content (AvgIpc) is 2.60. The highest BCUT2D eigenvalue weighted by molar-refractivity contribution is 5.89. The molecule has 0 unspecified atom stereocenters. The molecule has 0 aliphatic carbocycles. The molecule has 0 radical (unpaired) electrons. The van der Waals surface area contributed by atoms with E-state index in [4.69, 9.17) is 4.42 Å². The van der Waals surface area contributed by atoms with Crippen LogP contribution >= 0.6 is 0 Å². The monoisotopic (exact) mass is 349 g/mol. The molecule has 0 spiro atoms. The van der Waals surface area contributed by atoms with Crippen LogP contribution in [0, 0.1) is 0 Å². The first kappa shape index (κ1) is 16.7. The molecule has 0 bridgehead atoms. The molecule has 0 fully saturated rings. The lowest BCUT2D eigenvalue weighted by atomic mass is 10.1. The van der Waals surface area contributed by atoms with Crippen molar-refractivity contribution in [3.8, 4) is 11.5 Å². The number of fused-ring (bicyclic) bond motifs is 1. The molecule has 0 saturated carbocycles. The van der Waals surface area contributed by atoms with E-state index in [2.05, 4.69) is 9.72 Å². The summed E-state index contributed by atoms with van der Waals surface area (Å²) in [6.45, 7) is 0. The summed E-state index contributed by atoms with van der Waals surface area (Å²) in [7, 11) is 1.23. The van der Waals surface area contributed by atoms with Crippen LogP contribution in [0.3, 0.4) is 0 Å². The zero-order valence-electron chi connectivity index (χ0n) is 12.8. The average molecular weight is 349 g/mol. The lowest BCUT2D eigenvalue weighted by Crippen LogP contribution is -2.10. The van der Waals surface area contributed by atoms with E-state index in [9.17, 15) is 22.8 Å². The number of rotatable bonds is 2. The third-order valence-electron chi connectivity index (χ3n) is 3.50. The maximum atomic E-state index is 12.8. The van der Waals surface area contributed by atoms with Crippen LogP contribution in [0.15, 0.2) is 51.7 Å². The van der Waals surface area contributed by atoms with Crippen LogP contribution in [0.2, 0.25) is 0 Å². The number of hydrogen-bond acceptors (Lipinski definition) is 5. The first-order valence-corrected chi connectivity index (χ1v) is 7.00. The molecule has 2 aromatic carbocycles. The van der Waals surface area contributed by atoms with E-state index in [1.807, 2.05) is 0 Å². The van der Waals surface area contributed by atoms with Crippen molar-refractivity contribution in [2.45, 2.75) is 6.18 Å². The third-order valence-corrected chi connectivity index (χ3v) is 3.50. The van der Waals surface area contributed by atoms with E-state index in [-0.39, 0.29) is 22.4 Å². The summed E-state index contributed by atoms with van der Waals surface area (Å²) in [5.74, 6) is -0.692. The number of carbonyl (C=O) groups excluding carboxylic acids is 1. The minimum Gasteiger partial charge on any atom is -0.465 e. The van der Waals surface area contributed by atoms with Crippen molar-refractivity contribution in [3.05, 3.63) is 63.9 Å². The standard InChI is InChI=1S/C17H10F3NO4/c1-24-16(23)10-4-2-9(3-5-10)15-21-14(22)12-7-6-11(17(18,19)20)8-13(12)25-15/h2-8H,1H3. The number of esters is 1. The molecule has 0 aliphatic rings. The summed E-state index contributed by atoms with van der Waals surface area (Å²) in [4.78, 5) is 27.2. The van der Waals surface area contributed by atoms with E-state index in [0.717, 1.165) is 18.2 Å². The maximum Gasteiger partial charge on any atom is 0.416 e. The van der Waals surface area contributed by atoms with Gasteiger partial charge < -0.3 is 9.15 Å². The summed E-state index contributed by atoms with van der Waals surface area (Å²) in [5.41, 5.74) is -1.25. The molecule has 0 aliphatic heterocycles. The van der Waals surface area contributed by atoms with E-state index in [1.54, 1.807) is 0 Å². The van der Waals surface area contributed by atoms with Crippen molar-refractivity contribution in [1.82, 2.24) is 4.98 Å². The van der Waals surface area contributed by atoms with Crippen molar-refractivity contribution in [2.24, 2.45) is 0 Å². The van der Waals surface area contributed by atoms with Gasteiger partial charge in [-0.25, -0.2) is 4.79 Å². The number of hydrogen-bond donors (Lipinski definition) is 0. The van der Waals surface area contributed by atoms with Gasteiger partial charge in [0.1, 0.15) is 5.58 Å². The summed E-state index contributed by atoms with van der Waals surface area (Å²) in [6, 6.07) is 8.35.